The summed E-state index contributed by atoms with van der Waals surface area (Å²) in [7, 11) is 0. The van der Waals surface area contributed by atoms with E-state index in [2.05, 4.69) is 45.4 Å². The summed E-state index contributed by atoms with van der Waals surface area (Å²) in [5.74, 6) is 2.82. The third kappa shape index (κ3) is 5.86. The second-order valence-electron chi connectivity index (χ2n) is 9.78. The number of likely N-dealkylation sites (tertiary alicyclic amines) is 1. The molecule has 3 N–H and O–H groups in total. The van der Waals surface area contributed by atoms with Crippen molar-refractivity contribution >= 4 is 17.6 Å². The molecule has 3 aromatic rings. The highest BCUT2D eigenvalue weighted by Gasteiger charge is 2.31. The van der Waals surface area contributed by atoms with E-state index in [9.17, 15) is 4.79 Å². The van der Waals surface area contributed by atoms with Gasteiger partial charge in [-0.2, -0.15) is 0 Å². The fourth-order valence-corrected chi connectivity index (χ4v) is 5.18. The van der Waals surface area contributed by atoms with Crippen LogP contribution in [-0.2, 0) is 4.74 Å². The minimum absolute atomic E-state index is 0.105. The molecule has 12 nitrogen and oxygen atoms in total. The Balaban J connectivity index is 1.03. The third-order valence-corrected chi connectivity index (χ3v) is 7.26. The summed E-state index contributed by atoms with van der Waals surface area (Å²) in [5.41, 5.74) is 2.29. The van der Waals surface area contributed by atoms with Crippen molar-refractivity contribution in [3.8, 4) is 17.1 Å². The Hall–Kier alpha value is -4.03. The molecule has 0 saturated carbocycles. The number of ether oxygens (including phenoxy) is 2. The van der Waals surface area contributed by atoms with Gasteiger partial charge >= 0.3 is 0 Å². The first kappa shape index (κ1) is 25.3. The minimum Gasteiger partial charge on any atom is -0.488 e. The summed E-state index contributed by atoms with van der Waals surface area (Å²) in [6, 6.07) is 7.58. The summed E-state index contributed by atoms with van der Waals surface area (Å²) >= 11 is 0. The van der Waals surface area contributed by atoms with Gasteiger partial charge in [0, 0.05) is 43.9 Å². The number of anilines is 1. The summed E-state index contributed by atoms with van der Waals surface area (Å²) in [6.07, 6.45) is 7.16. The zero-order valence-electron chi connectivity index (χ0n) is 21.8. The number of fused-ring (bicyclic) bond motifs is 1. The second kappa shape index (κ2) is 11.8. The number of benzene rings is 1. The Morgan fingerprint density at radius 1 is 1.15 bits per heavy atom. The number of amidine groups is 1. The zero-order chi connectivity index (χ0) is 26.4. The molecule has 0 unspecified atom stereocenters. The van der Waals surface area contributed by atoms with Gasteiger partial charge in [0.1, 0.15) is 19.0 Å². The van der Waals surface area contributed by atoms with Crippen molar-refractivity contribution in [3.05, 3.63) is 54.2 Å². The van der Waals surface area contributed by atoms with E-state index in [1.807, 2.05) is 18.2 Å². The molecular formula is C27H33N9O3. The molecule has 0 radical (unpaired) electrons. The molecule has 5 heterocycles. The van der Waals surface area contributed by atoms with Gasteiger partial charge in [-0.25, -0.2) is 19.9 Å². The number of aliphatic imine (C=N–C) groups is 1. The fraction of sp³-hybridized carbons (Fsp3) is 0.444. The molecule has 0 spiro atoms. The average molecular weight is 532 g/mol. The molecule has 3 aliphatic rings. The lowest BCUT2D eigenvalue weighted by Crippen LogP contribution is -2.41. The number of hydrogen-bond donors (Lipinski definition) is 3. The number of nitrogens with zero attached hydrogens (tertiary/aromatic N) is 6. The molecule has 12 heteroatoms. The first-order valence-corrected chi connectivity index (χ1v) is 13.5. The lowest BCUT2D eigenvalue weighted by atomic mass is 10.1. The lowest BCUT2D eigenvalue weighted by molar-refractivity contribution is 0.0383. The van der Waals surface area contributed by atoms with Crippen LogP contribution in [0, 0.1) is 0 Å². The van der Waals surface area contributed by atoms with Crippen LogP contribution in [0.4, 0.5) is 5.82 Å². The van der Waals surface area contributed by atoms with Crippen LogP contribution in [0.5, 0.6) is 5.75 Å². The molecule has 1 amide bonds. The van der Waals surface area contributed by atoms with Crippen molar-refractivity contribution in [2.24, 2.45) is 4.99 Å². The van der Waals surface area contributed by atoms with E-state index in [-0.39, 0.29) is 11.9 Å². The molecule has 1 aromatic carbocycles. The zero-order valence-corrected chi connectivity index (χ0v) is 21.8. The average Bonchev–Trinajstić information content (AvgIpc) is 3.67. The van der Waals surface area contributed by atoms with Crippen LogP contribution in [0.1, 0.15) is 28.9 Å². The number of amides is 1. The van der Waals surface area contributed by atoms with E-state index in [0.29, 0.717) is 37.0 Å². The molecule has 2 saturated heterocycles. The van der Waals surface area contributed by atoms with Gasteiger partial charge in [0.25, 0.3) is 5.91 Å². The number of rotatable bonds is 8. The molecule has 2 aromatic heterocycles. The van der Waals surface area contributed by atoms with Crippen molar-refractivity contribution in [1.29, 1.82) is 0 Å². The maximum Gasteiger partial charge on any atom is 0.251 e. The maximum atomic E-state index is 12.7. The number of nitrogens with one attached hydrogen (secondary N) is 3. The Kier molecular flexibility index (Phi) is 7.63. The number of morpholine rings is 1. The summed E-state index contributed by atoms with van der Waals surface area (Å²) in [4.78, 5) is 38.5. The van der Waals surface area contributed by atoms with Gasteiger partial charge in [-0.15, -0.1) is 0 Å². The number of aromatic nitrogens is 4. The van der Waals surface area contributed by atoms with Gasteiger partial charge < -0.3 is 30.0 Å². The molecule has 2 fully saturated rings. The SMILES string of the molecule is O=C(NCCN1CCOCC1)c1cccc(-c2ncc(OC[C@H]3CCCN3C3=NCNc4nc[nH]c43)cn2)c1. The number of H-pyrrole nitrogens is 1. The van der Waals surface area contributed by atoms with Crippen molar-refractivity contribution in [2.45, 2.75) is 18.9 Å². The largest absolute Gasteiger partial charge is 0.488 e. The van der Waals surface area contributed by atoms with Crippen LogP contribution in [-0.4, -0.2) is 107 Å². The molecule has 0 bridgehead atoms. The molecule has 1 atom stereocenters. The standard InChI is InChI=1S/C27H33N9O3/c37-27(28-6-8-35-9-11-38-12-10-35)20-4-1-3-19(13-20)24-29-14-22(15-30-24)39-16-21-5-2-7-36(21)26-23-25(32-17-31-23)33-18-34-26/h1,3-4,13-15,17,21,33H,2,5-12,16,18H2,(H,28,37)(H,31,32)/t21-/m1/s1. The quantitative estimate of drug-likeness (QED) is 0.396. The van der Waals surface area contributed by atoms with Gasteiger partial charge in [0.2, 0.25) is 0 Å². The predicted octanol–water partition coefficient (Wildman–Crippen LogP) is 1.60. The highest BCUT2D eigenvalue weighted by atomic mass is 16.5. The molecule has 39 heavy (non-hydrogen) atoms. The summed E-state index contributed by atoms with van der Waals surface area (Å²) in [5, 5.41) is 6.19. The smallest absolute Gasteiger partial charge is 0.251 e. The van der Waals surface area contributed by atoms with Crippen molar-refractivity contribution in [2.75, 3.05) is 64.5 Å². The summed E-state index contributed by atoms with van der Waals surface area (Å²) < 4.78 is 11.5. The topological polar surface area (TPSA) is 133 Å². The van der Waals surface area contributed by atoms with Gasteiger partial charge in [-0.1, -0.05) is 12.1 Å². The molecule has 3 aliphatic heterocycles. The van der Waals surface area contributed by atoms with Gasteiger partial charge in [0.15, 0.2) is 23.2 Å². The van der Waals surface area contributed by atoms with Crippen LogP contribution in [0.3, 0.4) is 0 Å². The number of aromatic amines is 1. The maximum absolute atomic E-state index is 12.7. The molecule has 0 aliphatic carbocycles. The monoisotopic (exact) mass is 531 g/mol. The molecular weight excluding hydrogens is 498 g/mol. The van der Waals surface area contributed by atoms with Crippen molar-refractivity contribution in [3.63, 3.8) is 0 Å². The van der Waals surface area contributed by atoms with E-state index in [0.717, 1.165) is 75.1 Å². The Morgan fingerprint density at radius 3 is 2.90 bits per heavy atom. The number of carbonyl (C=O) groups excluding carboxylic acids is 1. The molecule has 6 rings (SSSR count). The Labute approximate surface area is 226 Å². The van der Waals surface area contributed by atoms with E-state index >= 15 is 0 Å². The predicted molar refractivity (Wildman–Crippen MR) is 146 cm³/mol. The van der Waals surface area contributed by atoms with Crippen molar-refractivity contribution < 1.29 is 14.3 Å². The highest BCUT2D eigenvalue weighted by molar-refractivity contribution is 6.02. The highest BCUT2D eigenvalue weighted by Crippen LogP contribution is 2.25. The van der Waals surface area contributed by atoms with Crippen LogP contribution in [0.25, 0.3) is 11.4 Å². The van der Waals surface area contributed by atoms with Crippen LogP contribution < -0.4 is 15.4 Å². The fourth-order valence-electron chi connectivity index (χ4n) is 5.18. The Bertz CT molecular complexity index is 1300. The van der Waals surface area contributed by atoms with Crippen LogP contribution in [0.15, 0.2) is 48.0 Å². The van der Waals surface area contributed by atoms with Crippen LogP contribution in [0.2, 0.25) is 0 Å². The first-order valence-electron chi connectivity index (χ1n) is 13.5. The van der Waals surface area contributed by atoms with Gasteiger partial charge in [0.05, 0.1) is 38.0 Å². The second-order valence-corrected chi connectivity index (χ2v) is 9.78. The van der Waals surface area contributed by atoms with Gasteiger partial charge in [-0.3, -0.25) is 9.69 Å². The summed E-state index contributed by atoms with van der Waals surface area (Å²) in [6.45, 7) is 6.67. The normalized spacial score (nSPS) is 19.2. The molecule has 204 valence electrons. The third-order valence-electron chi connectivity index (χ3n) is 7.26. The number of hydrogen-bond acceptors (Lipinski definition) is 10. The Morgan fingerprint density at radius 2 is 2.03 bits per heavy atom. The minimum atomic E-state index is -0.105. The number of carbonyl (C=O) groups is 1. The lowest BCUT2D eigenvalue weighted by Gasteiger charge is -2.29. The van der Waals surface area contributed by atoms with E-state index < -0.39 is 0 Å². The van der Waals surface area contributed by atoms with E-state index in [1.165, 1.54) is 0 Å². The van der Waals surface area contributed by atoms with Gasteiger partial charge in [-0.05, 0) is 25.0 Å². The first-order chi connectivity index (χ1) is 19.2. The van der Waals surface area contributed by atoms with Crippen molar-refractivity contribution in [1.82, 2.24) is 35.1 Å². The van der Waals surface area contributed by atoms with E-state index in [4.69, 9.17) is 9.47 Å². The van der Waals surface area contributed by atoms with Crippen LogP contribution >= 0.6 is 0 Å². The van der Waals surface area contributed by atoms with E-state index in [1.54, 1.807) is 24.8 Å². The number of imidazole rings is 1.